The molecule has 2 aromatic heterocycles. The van der Waals surface area contributed by atoms with Gasteiger partial charge in [-0.05, 0) is 6.42 Å². The normalized spacial score (nSPS) is 12.7. The van der Waals surface area contributed by atoms with Gasteiger partial charge in [-0.15, -0.1) is 0 Å². The van der Waals surface area contributed by atoms with E-state index in [0.717, 1.165) is 23.5 Å². The maximum atomic E-state index is 4.76. The van der Waals surface area contributed by atoms with E-state index in [1.54, 1.807) is 18.5 Å². The highest BCUT2D eigenvalue weighted by Gasteiger charge is 2.07. The Bertz CT molecular complexity index is 408. The minimum Gasteiger partial charge on any atom is -0.364 e. The van der Waals surface area contributed by atoms with Gasteiger partial charge in [0.1, 0.15) is 17.8 Å². The summed E-state index contributed by atoms with van der Waals surface area (Å²) in [5, 5.41) is 3.83. The maximum absolute atomic E-state index is 4.76. The zero-order valence-corrected chi connectivity index (χ0v) is 8.84. The monoisotopic (exact) mass is 203 g/mol. The van der Waals surface area contributed by atoms with Gasteiger partial charge in [-0.25, -0.2) is 9.97 Å². The summed E-state index contributed by atoms with van der Waals surface area (Å²) in [5.41, 5.74) is 1.65. The Labute approximate surface area is 88.4 Å². The molecule has 0 bridgehead atoms. The van der Waals surface area contributed by atoms with Crippen LogP contribution in [0.4, 0.5) is 0 Å². The quantitative estimate of drug-likeness (QED) is 0.769. The number of hydrogen-bond acceptors (Lipinski definition) is 4. The van der Waals surface area contributed by atoms with Crippen LogP contribution in [0.1, 0.15) is 32.0 Å². The lowest BCUT2D eigenvalue weighted by Crippen LogP contribution is -1.99. The van der Waals surface area contributed by atoms with Gasteiger partial charge in [0.2, 0.25) is 0 Å². The van der Waals surface area contributed by atoms with E-state index >= 15 is 0 Å². The standard InChI is InChI=1S/C11H13N3O/c1-3-8(2)11-12-6-9(7-13-11)10-4-5-15-14-10/h4-8H,3H2,1-2H3/t8-/m1/s1. The van der Waals surface area contributed by atoms with Gasteiger partial charge in [0.15, 0.2) is 0 Å². The van der Waals surface area contributed by atoms with Gasteiger partial charge in [0.05, 0.1) is 0 Å². The highest BCUT2D eigenvalue weighted by molar-refractivity contribution is 5.55. The van der Waals surface area contributed by atoms with Crippen LogP contribution in [0.2, 0.25) is 0 Å². The Balaban J connectivity index is 2.25. The molecule has 2 aromatic rings. The number of rotatable bonds is 3. The van der Waals surface area contributed by atoms with Crippen LogP contribution in [0.3, 0.4) is 0 Å². The number of nitrogens with zero attached hydrogens (tertiary/aromatic N) is 3. The third kappa shape index (κ3) is 2.03. The summed E-state index contributed by atoms with van der Waals surface area (Å²) in [5.74, 6) is 1.28. The van der Waals surface area contributed by atoms with Gasteiger partial charge < -0.3 is 4.52 Å². The van der Waals surface area contributed by atoms with E-state index in [9.17, 15) is 0 Å². The highest BCUT2D eigenvalue weighted by atomic mass is 16.5. The summed E-state index contributed by atoms with van der Waals surface area (Å²) in [7, 11) is 0. The molecule has 0 aliphatic heterocycles. The molecular formula is C11H13N3O. The van der Waals surface area contributed by atoms with E-state index in [4.69, 9.17) is 4.52 Å². The molecule has 0 radical (unpaired) electrons. The van der Waals surface area contributed by atoms with Crippen molar-refractivity contribution < 1.29 is 4.52 Å². The second-order valence-corrected chi connectivity index (χ2v) is 3.52. The zero-order valence-electron chi connectivity index (χ0n) is 8.84. The summed E-state index contributed by atoms with van der Waals surface area (Å²) in [6.45, 7) is 4.24. The van der Waals surface area contributed by atoms with Gasteiger partial charge in [0.25, 0.3) is 0 Å². The first-order valence-electron chi connectivity index (χ1n) is 5.04. The predicted octanol–water partition coefficient (Wildman–Crippen LogP) is 2.65. The molecule has 2 rings (SSSR count). The van der Waals surface area contributed by atoms with Crippen LogP contribution in [0.5, 0.6) is 0 Å². The average Bonchev–Trinajstić information content (AvgIpc) is 2.82. The Morgan fingerprint density at radius 3 is 2.60 bits per heavy atom. The molecule has 0 fully saturated rings. The maximum Gasteiger partial charge on any atom is 0.131 e. The van der Waals surface area contributed by atoms with Crippen LogP contribution in [0.15, 0.2) is 29.2 Å². The van der Waals surface area contributed by atoms with Crippen molar-refractivity contribution in [3.63, 3.8) is 0 Å². The molecule has 0 saturated heterocycles. The van der Waals surface area contributed by atoms with Crippen LogP contribution in [-0.4, -0.2) is 15.1 Å². The van der Waals surface area contributed by atoms with Gasteiger partial charge in [0, 0.05) is 29.9 Å². The minimum absolute atomic E-state index is 0.399. The van der Waals surface area contributed by atoms with Crippen LogP contribution in [-0.2, 0) is 0 Å². The average molecular weight is 203 g/mol. The SMILES string of the molecule is CC[C@@H](C)c1ncc(-c2ccon2)cn1. The summed E-state index contributed by atoms with van der Waals surface area (Å²) in [6, 6.07) is 1.79. The molecule has 4 nitrogen and oxygen atoms in total. The van der Waals surface area contributed by atoms with Crippen molar-refractivity contribution in [2.24, 2.45) is 0 Å². The van der Waals surface area contributed by atoms with E-state index in [2.05, 4.69) is 29.0 Å². The molecule has 0 aliphatic rings. The summed E-state index contributed by atoms with van der Waals surface area (Å²) >= 11 is 0. The highest BCUT2D eigenvalue weighted by Crippen LogP contribution is 2.18. The van der Waals surface area contributed by atoms with Crippen molar-refractivity contribution in [1.82, 2.24) is 15.1 Å². The Morgan fingerprint density at radius 1 is 1.33 bits per heavy atom. The molecule has 15 heavy (non-hydrogen) atoms. The zero-order chi connectivity index (χ0) is 10.7. The molecule has 0 saturated carbocycles. The topological polar surface area (TPSA) is 51.8 Å². The van der Waals surface area contributed by atoms with E-state index < -0.39 is 0 Å². The van der Waals surface area contributed by atoms with E-state index in [-0.39, 0.29) is 0 Å². The molecule has 0 unspecified atom stereocenters. The summed E-state index contributed by atoms with van der Waals surface area (Å²) in [6.07, 6.45) is 6.15. The van der Waals surface area contributed by atoms with Gasteiger partial charge in [-0.3, -0.25) is 0 Å². The molecule has 2 heterocycles. The molecule has 0 N–H and O–H groups in total. The van der Waals surface area contributed by atoms with E-state index in [0.29, 0.717) is 5.92 Å². The molecule has 0 spiro atoms. The summed E-state index contributed by atoms with van der Waals surface area (Å²) in [4.78, 5) is 8.63. The van der Waals surface area contributed by atoms with Crippen LogP contribution >= 0.6 is 0 Å². The fraction of sp³-hybridized carbons (Fsp3) is 0.364. The van der Waals surface area contributed by atoms with Crippen LogP contribution < -0.4 is 0 Å². The predicted molar refractivity (Wildman–Crippen MR) is 56.2 cm³/mol. The lowest BCUT2D eigenvalue weighted by Gasteiger charge is -2.05. The third-order valence-electron chi connectivity index (χ3n) is 2.46. The lowest BCUT2D eigenvalue weighted by atomic mass is 10.1. The molecule has 0 aromatic carbocycles. The van der Waals surface area contributed by atoms with Crippen molar-refractivity contribution >= 4 is 0 Å². The Morgan fingerprint density at radius 2 is 2.07 bits per heavy atom. The second-order valence-electron chi connectivity index (χ2n) is 3.52. The number of aromatic nitrogens is 3. The number of hydrogen-bond donors (Lipinski definition) is 0. The molecule has 0 amide bonds. The third-order valence-corrected chi connectivity index (χ3v) is 2.46. The first kappa shape index (κ1) is 9.83. The molecule has 4 heteroatoms. The molecule has 78 valence electrons. The minimum atomic E-state index is 0.399. The first-order chi connectivity index (χ1) is 7.31. The van der Waals surface area contributed by atoms with Gasteiger partial charge in [-0.2, -0.15) is 0 Å². The van der Waals surface area contributed by atoms with Crippen molar-refractivity contribution in [1.29, 1.82) is 0 Å². The first-order valence-corrected chi connectivity index (χ1v) is 5.04. The van der Waals surface area contributed by atoms with E-state index in [1.165, 1.54) is 6.26 Å². The largest absolute Gasteiger partial charge is 0.364 e. The van der Waals surface area contributed by atoms with Crippen molar-refractivity contribution in [3.8, 4) is 11.3 Å². The van der Waals surface area contributed by atoms with E-state index in [1.807, 2.05) is 0 Å². The Kier molecular flexibility index (Phi) is 2.76. The van der Waals surface area contributed by atoms with Crippen molar-refractivity contribution in [2.45, 2.75) is 26.2 Å². The van der Waals surface area contributed by atoms with Gasteiger partial charge in [-0.1, -0.05) is 19.0 Å². The smallest absolute Gasteiger partial charge is 0.131 e. The fourth-order valence-electron chi connectivity index (χ4n) is 1.27. The fourth-order valence-corrected chi connectivity index (χ4v) is 1.27. The molecular weight excluding hydrogens is 190 g/mol. The molecule has 0 aliphatic carbocycles. The molecule has 1 atom stereocenters. The van der Waals surface area contributed by atoms with Crippen molar-refractivity contribution in [3.05, 3.63) is 30.5 Å². The lowest BCUT2D eigenvalue weighted by molar-refractivity contribution is 0.422. The second kappa shape index (κ2) is 4.21. The van der Waals surface area contributed by atoms with Gasteiger partial charge >= 0.3 is 0 Å². The van der Waals surface area contributed by atoms with Crippen LogP contribution in [0, 0.1) is 0 Å². The summed E-state index contributed by atoms with van der Waals surface area (Å²) < 4.78 is 4.76. The van der Waals surface area contributed by atoms with Crippen molar-refractivity contribution in [2.75, 3.05) is 0 Å². The van der Waals surface area contributed by atoms with Crippen LogP contribution in [0.25, 0.3) is 11.3 Å². The Hall–Kier alpha value is -1.71.